The third kappa shape index (κ3) is 7.71. The Labute approximate surface area is 291 Å². The van der Waals surface area contributed by atoms with E-state index in [0.717, 1.165) is 21.9 Å². The van der Waals surface area contributed by atoms with E-state index in [1.54, 1.807) is 36.4 Å². The molecule has 0 fully saturated rings. The maximum absolute atomic E-state index is 13.1. The Morgan fingerprint density at radius 1 is 0.800 bits per heavy atom. The molecule has 7 N–H and O–H groups in total. The molecule has 0 aliphatic rings. The first kappa shape index (κ1) is 33.6. The van der Waals surface area contributed by atoms with Crippen LogP contribution in [0.3, 0.4) is 0 Å². The van der Waals surface area contributed by atoms with Crippen LogP contribution < -0.4 is 16.4 Å². The molecule has 7 rings (SSSR count). The van der Waals surface area contributed by atoms with Crippen molar-refractivity contribution in [2.24, 2.45) is 5.73 Å². The van der Waals surface area contributed by atoms with Gasteiger partial charge in [-0.15, -0.1) is 10.2 Å². The van der Waals surface area contributed by atoms with E-state index in [1.807, 2.05) is 48.5 Å². The van der Waals surface area contributed by atoms with E-state index in [0.29, 0.717) is 44.7 Å². The zero-order chi connectivity index (χ0) is 35.4. The van der Waals surface area contributed by atoms with E-state index >= 15 is 0 Å². The zero-order valence-corrected chi connectivity index (χ0v) is 28.2. The number of fused-ring (bicyclic) bond motifs is 2. The number of carbonyl (C=O) groups is 3. The molecular formula is C37H34ClN9O3. The summed E-state index contributed by atoms with van der Waals surface area (Å²) in [6, 6.07) is 29.7. The molecule has 13 heteroatoms. The van der Waals surface area contributed by atoms with E-state index in [1.165, 1.54) is 5.56 Å². The lowest BCUT2D eigenvalue weighted by molar-refractivity contribution is -0.115. The number of hydrogen-bond donors (Lipinski definition) is 6. The summed E-state index contributed by atoms with van der Waals surface area (Å²) in [5.74, 6) is -0.638. The van der Waals surface area contributed by atoms with E-state index in [9.17, 15) is 14.4 Å². The minimum absolute atomic E-state index is 0.0518. The highest BCUT2D eigenvalue weighted by atomic mass is 35.5. The van der Waals surface area contributed by atoms with Gasteiger partial charge in [0.05, 0.1) is 23.3 Å². The number of anilines is 2. The number of tetrazole rings is 1. The van der Waals surface area contributed by atoms with E-state index in [4.69, 9.17) is 17.3 Å². The quantitative estimate of drug-likeness (QED) is 0.105. The van der Waals surface area contributed by atoms with E-state index in [2.05, 4.69) is 74.1 Å². The number of rotatable bonds is 7. The Kier molecular flexibility index (Phi) is 9.46. The van der Waals surface area contributed by atoms with Gasteiger partial charge in [-0.05, 0) is 64.2 Å². The number of nitrogens with one attached hydrogen (secondary N) is 5. The summed E-state index contributed by atoms with van der Waals surface area (Å²) in [5, 5.41) is 22.0. The highest BCUT2D eigenvalue weighted by Gasteiger charge is 2.18. The first-order chi connectivity index (χ1) is 23.9. The van der Waals surface area contributed by atoms with Gasteiger partial charge in [-0.3, -0.25) is 14.4 Å². The SMILES string of the molecule is CC(C)(C)c1ccc(CC(=O)Nc2cccc3cc(C(=O)Nc4ccc(Cl)cc4-c4nn[nH]n4)[nH]c23)cc1.NC(=O)c1cc2ccccc2[nH]1. The zero-order valence-electron chi connectivity index (χ0n) is 27.5. The molecule has 50 heavy (non-hydrogen) atoms. The fourth-order valence-electron chi connectivity index (χ4n) is 5.37. The molecule has 0 aliphatic carbocycles. The highest BCUT2D eigenvalue weighted by Crippen LogP contribution is 2.30. The van der Waals surface area contributed by atoms with Crippen molar-refractivity contribution >= 4 is 62.5 Å². The smallest absolute Gasteiger partial charge is 0.272 e. The van der Waals surface area contributed by atoms with Crippen molar-refractivity contribution in [1.29, 1.82) is 0 Å². The lowest BCUT2D eigenvalue weighted by Gasteiger charge is -2.19. The Bertz CT molecular complexity index is 2290. The van der Waals surface area contributed by atoms with Gasteiger partial charge in [-0.2, -0.15) is 5.21 Å². The van der Waals surface area contributed by atoms with Gasteiger partial charge in [-0.25, -0.2) is 0 Å². The molecule has 7 aromatic rings. The molecule has 3 amide bonds. The summed E-state index contributed by atoms with van der Waals surface area (Å²) >= 11 is 6.14. The number of benzene rings is 4. The average Bonchev–Trinajstić information content (AvgIpc) is 3.86. The number of aromatic amines is 3. The molecular weight excluding hydrogens is 654 g/mol. The molecule has 0 bridgehead atoms. The minimum Gasteiger partial charge on any atom is -0.364 e. The Hall–Kier alpha value is -6.27. The topological polar surface area (TPSA) is 187 Å². The number of para-hydroxylation sites is 2. The van der Waals surface area contributed by atoms with Gasteiger partial charge in [0.1, 0.15) is 11.4 Å². The molecule has 0 aliphatic heterocycles. The first-order valence-electron chi connectivity index (χ1n) is 15.7. The van der Waals surface area contributed by atoms with Crippen LogP contribution >= 0.6 is 11.6 Å². The third-order valence-corrected chi connectivity index (χ3v) is 8.21. The molecule has 0 radical (unpaired) electrons. The summed E-state index contributed by atoms with van der Waals surface area (Å²) in [5.41, 5.74) is 11.3. The van der Waals surface area contributed by atoms with Crippen LogP contribution in [0.5, 0.6) is 0 Å². The van der Waals surface area contributed by atoms with Crippen LogP contribution in [-0.2, 0) is 16.6 Å². The van der Waals surface area contributed by atoms with Gasteiger partial charge in [0.2, 0.25) is 11.7 Å². The number of nitrogens with zero attached hydrogens (tertiary/aromatic N) is 3. The van der Waals surface area contributed by atoms with Gasteiger partial charge in [-0.1, -0.05) is 87.0 Å². The van der Waals surface area contributed by atoms with E-state index in [-0.39, 0.29) is 23.7 Å². The summed E-state index contributed by atoms with van der Waals surface area (Å²) in [4.78, 5) is 42.8. The van der Waals surface area contributed by atoms with Crippen molar-refractivity contribution in [3.63, 3.8) is 0 Å². The predicted octanol–water partition coefficient (Wildman–Crippen LogP) is 7.00. The molecule has 0 spiro atoms. The van der Waals surface area contributed by atoms with Crippen LogP contribution in [0.2, 0.25) is 5.02 Å². The standard InChI is InChI=1S/C28H26ClN7O2.C9H8N2O/c1-28(2,3)18-9-7-16(8-10-18)13-24(37)30-22-6-4-5-17-14-23(31-25(17)22)27(38)32-21-12-11-19(29)15-20(21)26-33-35-36-34-26;10-9(12)8-5-6-3-1-2-4-7(6)11-8/h4-12,14-15,31H,13H2,1-3H3,(H,30,37)(H,32,38)(H,33,34,35,36);1-5,11H,(H2,10,12). The molecule has 0 saturated heterocycles. The van der Waals surface area contributed by atoms with Crippen LogP contribution in [0.4, 0.5) is 11.4 Å². The molecule has 252 valence electrons. The molecule has 0 atom stereocenters. The normalized spacial score (nSPS) is 11.2. The number of carbonyl (C=O) groups excluding carboxylic acids is 3. The number of halogens is 1. The molecule has 3 aromatic heterocycles. The van der Waals surface area contributed by atoms with Gasteiger partial charge in [0.25, 0.3) is 11.8 Å². The van der Waals surface area contributed by atoms with E-state index < -0.39 is 5.91 Å². The average molecular weight is 688 g/mol. The monoisotopic (exact) mass is 687 g/mol. The number of nitrogens with two attached hydrogens (primary N) is 1. The third-order valence-electron chi connectivity index (χ3n) is 7.97. The fraction of sp³-hybridized carbons (Fsp3) is 0.135. The number of primary amides is 1. The molecule has 12 nitrogen and oxygen atoms in total. The second-order valence-corrected chi connectivity index (χ2v) is 13.1. The summed E-state index contributed by atoms with van der Waals surface area (Å²) in [6.45, 7) is 6.47. The van der Waals surface area contributed by atoms with Crippen LogP contribution in [-0.4, -0.2) is 48.3 Å². The van der Waals surface area contributed by atoms with Crippen LogP contribution in [0.1, 0.15) is 52.9 Å². The predicted molar refractivity (Wildman–Crippen MR) is 195 cm³/mol. The summed E-state index contributed by atoms with van der Waals surface area (Å²) < 4.78 is 0. The molecule has 3 heterocycles. The van der Waals surface area contributed by atoms with Crippen LogP contribution in [0.15, 0.2) is 97.1 Å². The number of aromatic nitrogens is 6. The Morgan fingerprint density at radius 2 is 1.54 bits per heavy atom. The molecule has 0 saturated carbocycles. The van der Waals surface area contributed by atoms with Crippen molar-refractivity contribution in [2.45, 2.75) is 32.6 Å². The first-order valence-corrected chi connectivity index (χ1v) is 16.1. The fourth-order valence-corrected chi connectivity index (χ4v) is 5.54. The van der Waals surface area contributed by atoms with Crippen molar-refractivity contribution < 1.29 is 14.4 Å². The lowest BCUT2D eigenvalue weighted by atomic mass is 9.86. The highest BCUT2D eigenvalue weighted by molar-refractivity contribution is 6.31. The lowest BCUT2D eigenvalue weighted by Crippen LogP contribution is -2.15. The van der Waals surface area contributed by atoms with Gasteiger partial charge >= 0.3 is 0 Å². The van der Waals surface area contributed by atoms with Crippen molar-refractivity contribution in [3.8, 4) is 11.4 Å². The second-order valence-electron chi connectivity index (χ2n) is 12.6. The van der Waals surface area contributed by atoms with Crippen molar-refractivity contribution in [3.05, 3.63) is 125 Å². The number of amides is 3. The van der Waals surface area contributed by atoms with Gasteiger partial charge in [0, 0.05) is 26.9 Å². The summed E-state index contributed by atoms with van der Waals surface area (Å²) in [6.07, 6.45) is 0.240. The number of H-pyrrole nitrogens is 3. The Balaban J connectivity index is 0.000000302. The van der Waals surface area contributed by atoms with Gasteiger partial charge < -0.3 is 26.3 Å². The van der Waals surface area contributed by atoms with Crippen molar-refractivity contribution in [2.75, 3.05) is 10.6 Å². The largest absolute Gasteiger partial charge is 0.364 e. The van der Waals surface area contributed by atoms with Crippen LogP contribution in [0, 0.1) is 0 Å². The minimum atomic E-state index is -0.425. The van der Waals surface area contributed by atoms with Crippen LogP contribution in [0.25, 0.3) is 33.2 Å². The maximum atomic E-state index is 13.1. The molecule has 4 aromatic carbocycles. The maximum Gasteiger partial charge on any atom is 0.272 e. The molecule has 0 unspecified atom stereocenters. The number of hydrogen-bond acceptors (Lipinski definition) is 6. The Morgan fingerprint density at radius 3 is 2.24 bits per heavy atom. The summed E-state index contributed by atoms with van der Waals surface area (Å²) in [7, 11) is 0. The second kappa shape index (κ2) is 14.1. The van der Waals surface area contributed by atoms with Gasteiger partial charge in [0.15, 0.2) is 0 Å². The van der Waals surface area contributed by atoms with Crippen molar-refractivity contribution in [1.82, 2.24) is 30.6 Å².